The molecule has 0 spiro atoms. The Labute approximate surface area is 133 Å². The van der Waals surface area contributed by atoms with Gasteiger partial charge in [0.1, 0.15) is 12.4 Å². The number of ether oxygens (including phenoxy) is 1. The molecule has 0 bridgehead atoms. The quantitative estimate of drug-likeness (QED) is 0.805. The molecule has 1 aromatic carbocycles. The molecule has 0 unspecified atom stereocenters. The Kier molecular flexibility index (Phi) is 5.81. The number of hydrogen-bond donors (Lipinski definition) is 2. The largest absolute Gasteiger partial charge is 0.481 e. The number of benzene rings is 1. The third-order valence-electron chi connectivity index (χ3n) is 2.88. The molecule has 1 aromatic heterocycles. The fourth-order valence-electron chi connectivity index (χ4n) is 1.75. The van der Waals surface area contributed by atoms with E-state index in [0.717, 1.165) is 5.01 Å². The van der Waals surface area contributed by atoms with Crippen LogP contribution in [-0.2, 0) is 0 Å². The van der Waals surface area contributed by atoms with E-state index in [2.05, 4.69) is 21.5 Å². The minimum absolute atomic E-state index is 0.185. The maximum Gasteiger partial charge on any atom is 0.319 e. The van der Waals surface area contributed by atoms with Crippen LogP contribution in [0.4, 0.5) is 10.5 Å². The summed E-state index contributed by atoms with van der Waals surface area (Å²) in [6.45, 7) is 2.78. The molecular weight excluding hydrogens is 298 g/mol. The van der Waals surface area contributed by atoms with E-state index in [-0.39, 0.29) is 18.6 Å². The lowest BCUT2D eigenvalue weighted by Gasteiger charge is -2.11. The topological polar surface area (TPSA) is 63.2 Å². The van der Waals surface area contributed by atoms with Gasteiger partial charge >= 0.3 is 6.03 Å². The highest BCUT2D eigenvalue weighted by molar-refractivity contribution is 7.09. The Morgan fingerprint density at radius 3 is 2.86 bits per heavy atom. The van der Waals surface area contributed by atoms with E-state index in [9.17, 15) is 4.79 Å². The summed E-state index contributed by atoms with van der Waals surface area (Å²) in [4.78, 5) is 16.1. The van der Waals surface area contributed by atoms with Crippen molar-refractivity contribution in [2.75, 3.05) is 18.5 Å². The Morgan fingerprint density at radius 1 is 1.45 bits per heavy atom. The minimum atomic E-state index is -0.249. The molecule has 1 atom stereocenters. The van der Waals surface area contributed by atoms with Gasteiger partial charge in [0.25, 0.3) is 0 Å². The molecule has 2 aromatic rings. The number of anilines is 1. The van der Waals surface area contributed by atoms with Crippen molar-refractivity contribution in [3.05, 3.63) is 40.8 Å². The zero-order valence-electron chi connectivity index (χ0n) is 12.2. The second-order valence-electron chi connectivity index (χ2n) is 4.62. The number of rotatable bonds is 6. The lowest BCUT2D eigenvalue weighted by atomic mass is 10.2. The van der Waals surface area contributed by atoms with Crippen molar-refractivity contribution in [1.29, 1.82) is 0 Å². The average molecular weight is 315 g/mol. The van der Waals surface area contributed by atoms with Gasteiger partial charge in [-0.1, -0.05) is 12.8 Å². The van der Waals surface area contributed by atoms with Crippen LogP contribution in [-0.4, -0.2) is 24.2 Å². The van der Waals surface area contributed by atoms with Gasteiger partial charge in [0.2, 0.25) is 0 Å². The van der Waals surface area contributed by atoms with Gasteiger partial charge < -0.3 is 15.4 Å². The summed E-state index contributed by atoms with van der Waals surface area (Å²) in [6.07, 6.45) is 6.89. The van der Waals surface area contributed by atoms with E-state index in [1.54, 1.807) is 41.8 Å². The van der Waals surface area contributed by atoms with Crippen LogP contribution in [0.15, 0.2) is 35.8 Å². The number of amides is 2. The third kappa shape index (κ3) is 4.79. The van der Waals surface area contributed by atoms with E-state index >= 15 is 0 Å². The van der Waals surface area contributed by atoms with Gasteiger partial charge in [0, 0.05) is 29.7 Å². The van der Waals surface area contributed by atoms with E-state index in [4.69, 9.17) is 11.2 Å². The van der Waals surface area contributed by atoms with Crippen molar-refractivity contribution in [2.45, 2.75) is 12.8 Å². The van der Waals surface area contributed by atoms with Crippen molar-refractivity contribution in [2.24, 2.45) is 0 Å². The van der Waals surface area contributed by atoms with Crippen LogP contribution >= 0.6 is 11.3 Å². The minimum Gasteiger partial charge on any atom is -0.481 e. The molecule has 0 aliphatic heterocycles. The molecule has 0 saturated heterocycles. The highest BCUT2D eigenvalue weighted by Gasteiger charge is 2.10. The summed E-state index contributed by atoms with van der Waals surface area (Å²) < 4.78 is 5.27. The van der Waals surface area contributed by atoms with Gasteiger partial charge in [-0.3, -0.25) is 0 Å². The molecule has 5 nitrogen and oxygen atoms in total. The number of terminal acetylenes is 1. The van der Waals surface area contributed by atoms with Gasteiger partial charge in [-0.15, -0.1) is 17.8 Å². The van der Waals surface area contributed by atoms with Gasteiger partial charge in [-0.25, -0.2) is 9.78 Å². The van der Waals surface area contributed by atoms with Crippen LogP contribution in [0, 0.1) is 12.3 Å². The molecule has 2 amide bonds. The number of carbonyl (C=O) groups excluding carboxylic acids is 1. The van der Waals surface area contributed by atoms with Crippen LogP contribution in [0.25, 0.3) is 0 Å². The summed E-state index contributed by atoms with van der Waals surface area (Å²) in [6, 6.07) is 6.78. The maximum atomic E-state index is 11.8. The molecule has 6 heteroatoms. The van der Waals surface area contributed by atoms with E-state index in [0.29, 0.717) is 18.0 Å². The number of urea groups is 1. The van der Waals surface area contributed by atoms with Gasteiger partial charge in [0.15, 0.2) is 0 Å². The van der Waals surface area contributed by atoms with Crippen molar-refractivity contribution in [1.82, 2.24) is 10.3 Å². The second kappa shape index (κ2) is 8.05. The zero-order chi connectivity index (χ0) is 15.8. The molecule has 22 heavy (non-hydrogen) atoms. The predicted octanol–water partition coefficient (Wildman–Crippen LogP) is 3.08. The Morgan fingerprint density at radius 2 is 2.23 bits per heavy atom. The van der Waals surface area contributed by atoms with Crippen molar-refractivity contribution < 1.29 is 9.53 Å². The first-order valence-corrected chi connectivity index (χ1v) is 7.67. The number of nitrogens with one attached hydrogen (secondary N) is 2. The number of carbonyl (C=O) groups is 1. The summed E-state index contributed by atoms with van der Waals surface area (Å²) in [5, 5.41) is 8.53. The summed E-state index contributed by atoms with van der Waals surface area (Å²) >= 11 is 1.58. The zero-order valence-corrected chi connectivity index (χ0v) is 13.0. The maximum absolute atomic E-state index is 11.8. The molecular formula is C16H17N3O2S. The van der Waals surface area contributed by atoms with Crippen LogP contribution in [0.3, 0.4) is 0 Å². The smallest absolute Gasteiger partial charge is 0.319 e. The number of aromatic nitrogens is 1. The predicted molar refractivity (Wildman–Crippen MR) is 88.3 cm³/mol. The Hall–Kier alpha value is -2.52. The SMILES string of the molecule is C#CCOc1ccc(NC(=O)NC[C@H](C)c2nccs2)cc1. The molecule has 114 valence electrons. The Bertz CT molecular complexity index is 632. The molecule has 1 heterocycles. The third-order valence-corrected chi connectivity index (χ3v) is 3.88. The van der Waals surface area contributed by atoms with E-state index < -0.39 is 0 Å². The Balaban J connectivity index is 1.78. The van der Waals surface area contributed by atoms with Crippen LogP contribution in [0.5, 0.6) is 5.75 Å². The molecule has 2 rings (SSSR count). The molecule has 0 radical (unpaired) electrons. The standard InChI is InChI=1S/C16H17N3O2S/c1-3-9-21-14-6-4-13(5-7-14)19-16(20)18-11-12(2)15-17-8-10-22-15/h1,4-8,10,12H,9,11H2,2H3,(H2,18,19,20)/t12-/m0/s1. The first kappa shape index (κ1) is 15.9. The van der Waals surface area contributed by atoms with Crippen molar-refractivity contribution in [3.8, 4) is 18.1 Å². The van der Waals surface area contributed by atoms with Gasteiger partial charge in [-0.2, -0.15) is 0 Å². The lowest BCUT2D eigenvalue weighted by Crippen LogP contribution is -2.31. The summed E-state index contributed by atoms with van der Waals surface area (Å²) in [5.74, 6) is 3.25. The number of hydrogen-bond acceptors (Lipinski definition) is 4. The first-order valence-electron chi connectivity index (χ1n) is 6.79. The monoisotopic (exact) mass is 315 g/mol. The fourth-order valence-corrected chi connectivity index (χ4v) is 2.44. The highest BCUT2D eigenvalue weighted by Crippen LogP contribution is 2.17. The van der Waals surface area contributed by atoms with Crippen molar-refractivity contribution in [3.63, 3.8) is 0 Å². The van der Waals surface area contributed by atoms with Crippen LogP contribution in [0.1, 0.15) is 17.8 Å². The number of nitrogens with zero attached hydrogens (tertiary/aromatic N) is 1. The summed E-state index contributed by atoms with van der Waals surface area (Å²) in [7, 11) is 0. The molecule has 0 aliphatic carbocycles. The van der Waals surface area contributed by atoms with Crippen LogP contribution < -0.4 is 15.4 Å². The fraction of sp³-hybridized carbons (Fsp3) is 0.250. The summed E-state index contributed by atoms with van der Waals surface area (Å²) in [5.41, 5.74) is 0.687. The van der Waals surface area contributed by atoms with Gasteiger partial charge in [-0.05, 0) is 24.3 Å². The van der Waals surface area contributed by atoms with Crippen molar-refractivity contribution >= 4 is 23.1 Å². The highest BCUT2D eigenvalue weighted by atomic mass is 32.1. The molecule has 0 aliphatic rings. The average Bonchev–Trinajstić information content (AvgIpc) is 3.06. The number of thiazole rings is 1. The first-order chi connectivity index (χ1) is 10.7. The lowest BCUT2D eigenvalue weighted by molar-refractivity contribution is 0.251. The second-order valence-corrected chi connectivity index (χ2v) is 5.55. The molecule has 0 fully saturated rings. The molecule has 0 saturated carbocycles. The normalized spacial score (nSPS) is 11.3. The van der Waals surface area contributed by atoms with E-state index in [1.807, 2.05) is 12.3 Å². The van der Waals surface area contributed by atoms with Crippen LogP contribution in [0.2, 0.25) is 0 Å². The molecule has 2 N–H and O–H groups in total. The van der Waals surface area contributed by atoms with E-state index in [1.165, 1.54) is 0 Å². The van der Waals surface area contributed by atoms with Gasteiger partial charge in [0.05, 0.1) is 5.01 Å².